The Balaban J connectivity index is 2.32. The van der Waals surface area contributed by atoms with Crippen LogP contribution < -0.4 is 15.8 Å². The van der Waals surface area contributed by atoms with Crippen LogP contribution >= 0.6 is 0 Å². The topological polar surface area (TPSA) is 84.7 Å². The summed E-state index contributed by atoms with van der Waals surface area (Å²) in [6, 6.07) is 0.715. The first kappa shape index (κ1) is 18.1. The first-order valence-electron chi connectivity index (χ1n) is 7.65. The molecule has 1 heterocycles. The average Bonchev–Trinajstić information content (AvgIpc) is 2.88. The molecule has 1 aliphatic heterocycles. The second-order valence-electron chi connectivity index (χ2n) is 6.07. The maximum atomic E-state index is 14.3. The van der Waals surface area contributed by atoms with Crippen molar-refractivity contribution in [1.82, 2.24) is 10.2 Å². The molecule has 3 N–H and O–H groups in total. The summed E-state index contributed by atoms with van der Waals surface area (Å²) >= 11 is 0. The highest BCUT2D eigenvalue weighted by molar-refractivity contribution is 5.98. The highest BCUT2D eigenvalue weighted by atomic mass is 19.1. The molecule has 24 heavy (non-hydrogen) atoms. The number of carbonyl (C=O) groups is 2. The van der Waals surface area contributed by atoms with Crippen molar-refractivity contribution in [3.8, 4) is 5.75 Å². The number of nitrogens with zero attached hydrogens (tertiary/aromatic N) is 1. The van der Waals surface area contributed by atoms with Gasteiger partial charge in [0.05, 0.1) is 12.7 Å². The van der Waals surface area contributed by atoms with Gasteiger partial charge in [0.2, 0.25) is 5.91 Å². The van der Waals surface area contributed by atoms with Crippen LogP contribution in [0.5, 0.6) is 5.75 Å². The number of nitrogens with one attached hydrogen (secondary N) is 1. The Morgan fingerprint density at radius 1 is 1.38 bits per heavy atom. The van der Waals surface area contributed by atoms with E-state index in [0.717, 1.165) is 19.2 Å². The van der Waals surface area contributed by atoms with Crippen molar-refractivity contribution in [3.63, 3.8) is 0 Å². The SMILES string of the molecule is COc1c(F)ccc(C(=O)N2C[C@H](N)C[C@H]2C(=O)NC(C)C)c1F. The van der Waals surface area contributed by atoms with Gasteiger partial charge < -0.3 is 20.7 Å². The molecule has 0 aromatic heterocycles. The lowest BCUT2D eigenvalue weighted by Gasteiger charge is -2.25. The van der Waals surface area contributed by atoms with Crippen LogP contribution in [0, 0.1) is 11.6 Å². The molecule has 132 valence electrons. The molecule has 8 heteroatoms. The first-order valence-corrected chi connectivity index (χ1v) is 7.65. The number of hydrogen-bond acceptors (Lipinski definition) is 4. The van der Waals surface area contributed by atoms with Gasteiger partial charge in [-0.3, -0.25) is 9.59 Å². The summed E-state index contributed by atoms with van der Waals surface area (Å²) in [5.41, 5.74) is 5.51. The maximum Gasteiger partial charge on any atom is 0.257 e. The Kier molecular flexibility index (Phi) is 5.38. The highest BCUT2D eigenvalue weighted by Gasteiger charge is 2.39. The van der Waals surface area contributed by atoms with Gasteiger partial charge in [0, 0.05) is 18.6 Å². The monoisotopic (exact) mass is 341 g/mol. The van der Waals surface area contributed by atoms with E-state index in [1.807, 2.05) is 0 Å². The summed E-state index contributed by atoms with van der Waals surface area (Å²) in [7, 11) is 1.11. The van der Waals surface area contributed by atoms with Crippen molar-refractivity contribution in [2.45, 2.75) is 38.4 Å². The van der Waals surface area contributed by atoms with Gasteiger partial charge in [0.15, 0.2) is 17.4 Å². The minimum atomic E-state index is -1.09. The van der Waals surface area contributed by atoms with Crippen LogP contribution in [-0.4, -0.2) is 48.5 Å². The summed E-state index contributed by atoms with van der Waals surface area (Å²) in [6.07, 6.45) is 0.282. The molecule has 1 saturated heterocycles. The molecule has 6 nitrogen and oxygen atoms in total. The van der Waals surface area contributed by atoms with E-state index in [9.17, 15) is 18.4 Å². The number of nitrogens with two attached hydrogens (primary N) is 1. The summed E-state index contributed by atoms with van der Waals surface area (Å²) < 4.78 is 32.5. The fourth-order valence-electron chi connectivity index (χ4n) is 2.76. The molecular formula is C16H21F2N3O3. The fourth-order valence-corrected chi connectivity index (χ4v) is 2.76. The number of carbonyl (C=O) groups excluding carboxylic acids is 2. The van der Waals surface area contributed by atoms with Crippen LogP contribution in [0.4, 0.5) is 8.78 Å². The van der Waals surface area contributed by atoms with E-state index in [1.165, 1.54) is 4.90 Å². The van der Waals surface area contributed by atoms with Crippen LogP contribution in [0.25, 0.3) is 0 Å². The summed E-state index contributed by atoms with van der Waals surface area (Å²) in [6.45, 7) is 3.71. The molecule has 0 aliphatic carbocycles. The van der Waals surface area contributed by atoms with Gasteiger partial charge in [0.1, 0.15) is 6.04 Å². The lowest BCUT2D eigenvalue weighted by molar-refractivity contribution is -0.125. The van der Waals surface area contributed by atoms with Gasteiger partial charge in [0.25, 0.3) is 5.91 Å². The number of ether oxygens (including phenoxy) is 1. The number of benzene rings is 1. The van der Waals surface area contributed by atoms with E-state index in [4.69, 9.17) is 5.73 Å². The van der Waals surface area contributed by atoms with Crippen LogP contribution in [0.2, 0.25) is 0 Å². The number of likely N-dealkylation sites (tertiary alicyclic amines) is 1. The van der Waals surface area contributed by atoms with Crippen molar-refractivity contribution < 1.29 is 23.1 Å². The molecule has 1 fully saturated rings. The van der Waals surface area contributed by atoms with Gasteiger partial charge in [-0.2, -0.15) is 0 Å². The third-order valence-corrected chi connectivity index (χ3v) is 3.81. The predicted octanol–water partition coefficient (Wildman–Crippen LogP) is 1.04. The van der Waals surface area contributed by atoms with E-state index in [1.54, 1.807) is 13.8 Å². The van der Waals surface area contributed by atoms with Crippen molar-refractivity contribution in [3.05, 3.63) is 29.3 Å². The lowest BCUT2D eigenvalue weighted by Crippen LogP contribution is -2.47. The molecule has 1 aromatic rings. The Bertz CT molecular complexity index is 652. The second-order valence-corrected chi connectivity index (χ2v) is 6.07. The molecule has 0 bridgehead atoms. The van der Waals surface area contributed by atoms with E-state index in [2.05, 4.69) is 10.1 Å². The largest absolute Gasteiger partial charge is 0.491 e. The standard InChI is InChI=1S/C16H21F2N3O3/c1-8(2)20-15(22)12-6-9(19)7-21(12)16(23)10-4-5-11(17)14(24-3)13(10)18/h4-5,8-9,12H,6-7,19H2,1-3H3,(H,20,22)/t9-,12+/m1/s1. The van der Waals surface area contributed by atoms with E-state index in [-0.39, 0.29) is 36.5 Å². The van der Waals surface area contributed by atoms with Crippen LogP contribution in [0.3, 0.4) is 0 Å². The highest BCUT2D eigenvalue weighted by Crippen LogP contribution is 2.27. The van der Waals surface area contributed by atoms with Crippen molar-refractivity contribution in [2.75, 3.05) is 13.7 Å². The lowest BCUT2D eigenvalue weighted by atomic mass is 10.1. The van der Waals surface area contributed by atoms with Gasteiger partial charge in [-0.15, -0.1) is 0 Å². The number of halogens is 2. The Labute approximate surface area is 138 Å². The molecule has 2 rings (SSSR count). The Morgan fingerprint density at radius 3 is 2.62 bits per heavy atom. The van der Waals surface area contributed by atoms with Crippen molar-refractivity contribution in [1.29, 1.82) is 0 Å². The first-order chi connectivity index (χ1) is 11.3. The minimum Gasteiger partial charge on any atom is -0.491 e. The van der Waals surface area contributed by atoms with Crippen LogP contribution in [-0.2, 0) is 4.79 Å². The third kappa shape index (κ3) is 3.48. The molecule has 0 spiro atoms. The number of rotatable bonds is 4. The number of hydrogen-bond donors (Lipinski definition) is 2. The summed E-state index contributed by atoms with van der Waals surface area (Å²) in [5, 5.41) is 2.72. The smallest absolute Gasteiger partial charge is 0.257 e. The maximum absolute atomic E-state index is 14.3. The quantitative estimate of drug-likeness (QED) is 0.857. The zero-order valence-corrected chi connectivity index (χ0v) is 13.8. The summed E-state index contributed by atoms with van der Waals surface area (Å²) in [4.78, 5) is 26.2. The van der Waals surface area contributed by atoms with Gasteiger partial charge >= 0.3 is 0 Å². The third-order valence-electron chi connectivity index (χ3n) is 3.81. The van der Waals surface area contributed by atoms with Crippen molar-refractivity contribution >= 4 is 11.8 Å². The van der Waals surface area contributed by atoms with E-state index in [0.29, 0.717) is 0 Å². The zero-order valence-electron chi connectivity index (χ0n) is 13.8. The number of amides is 2. The number of methoxy groups -OCH3 is 1. The van der Waals surface area contributed by atoms with Crippen LogP contribution in [0.1, 0.15) is 30.6 Å². The molecule has 0 unspecified atom stereocenters. The summed E-state index contributed by atoms with van der Waals surface area (Å²) in [5.74, 6) is -3.69. The molecule has 0 radical (unpaired) electrons. The van der Waals surface area contributed by atoms with Gasteiger partial charge in [-0.1, -0.05) is 0 Å². The zero-order chi connectivity index (χ0) is 18.0. The van der Waals surface area contributed by atoms with E-state index < -0.39 is 29.3 Å². The predicted molar refractivity (Wildman–Crippen MR) is 83.6 cm³/mol. The van der Waals surface area contributed by atoms with E-state index >= 15 is 0 Å². The second kappa shape index (κ2) is 7.12. The molecule has 1 aliphatic rings. The van der Waals surface area contributed by atoms with Crippen LogP contribution in [0.15, 0.2) is 12.1 Å². The molecule has 1 aromatic carbocycles. The molecule has 0 saturated carbocycles. The normalized spacial score (nSPS) is 20.4. The molecule has 2 amide bonds. The van der Waals surface area contributed by atoms with Gasteiger partial charge in [-0.05, 0) is 32.4 Å². The molecular weight excluding hydrogens is 320 g/mol. The molecule has 2 atom stereocenters. The fraction of sp³-hybridized carbons (Fsp3) is 0.500. The average molecular weight is 341 g/mol. The Morgan fingerprint density at radius 2 is 2.04 bits per heavy atom. The van der Waals surface area contributed by atoms with Gasteiger partial charge in [-0.25, -0.2) is 8.78 Å². The Hall–Kier alpha value is -2.22. The minimum absolute atomic E-state index is 0.103. The van der Waals surface area contributed by atoms with Crippen molar-refractivity contribution in [2.24, 2.45) is 5.73 Å².